The van der Waals surface area contributed by atoms with E-state index < -0.39 is 11.8 Å². The van der Waals surface area contributed by atoms with E-state index in [4.69, 9.17) is 11.6 Å². The molecular weight excluding hydrogens is 264 g/mol. The minimum Gasteiger partial charge on any atom is -0.334 e. The van der Waals surface area contributed by atoms with E-state index in [2.05, 4.69) is 5.32 Å². The van der Waals surface area contributed by atoms with Gasteiger partial charge in [0.15, 0.2) is 0 Å². The molecule has 0 unspecified atom stereocenters. The molecule has 0 spiro atoms. The van der Waals surface area contributed by atoms with E-state index in [1.807, 2.05) is 13.8 Å². The van der Waals surface area contributed by atoms with Crippen molar-refractivity contribution in [2.24, 2.45) is 0 Å². The number of benzene rings is 1. The molecule has 0 aromatic heterocycles. The second kappa shape index (κ2) is 7.79. The van der Waals surface area contributed by atoms with Crippen molar-refractivity contribution in [2.75, 3.05) is 18.4 Å². The first-order chi connectivity index (χ1) is 9.08. The number of carbonyl (C=O) groups excluding carboxylic acids is 2. The summed E-state index contributed by atoms with van der Waals surface area (Å²) < 4.78 is 0. The number of amides is 2. The maximum atomic E-state index is 12.0. The van der Waals surface area contributed by atoms with Crippen LogP contribution >= 0.6 is 11.6 Å². The molecule has 0 saturated carbocycles. The van der Waals surface area contributed by atoms with Crippen LogP contribution in [-0.2, 0) is 9.59 Å². The summed E-state index contributed by atoms with van der Waals surface area (Å²) in [6.45, 7) is 5.14. The van der Waals surface area contributed by atoms with Gasteiger partial charge in [0, 0.05) is 23.8 Å². The molecular formula is C14H19ClN2O2. The summed E-state index contributed by atoms with van der Waals surface area (Å²) in [6, 6.07) is 6.73. The fourth-order valence-electron chi connectivity index (χ4n) is 1.75. The minimum atomic E-state index is -0.621. The lowest BCUT2D eigenvalue weighted by molar-refractivity contribution is -0.143. The van der Waals surface area contributed by atoms with Gasteiger partial charge in [0.1, 0.15) is 0 Å². The Kier molecular flexibility index (Phi) is 6.36. The third-order valence-electron chi connectivity index (χ3n) is 2.55. The molecule has 0 heterocycles. The molecule has 0 fully saturated rings. The maximum Gasteiger partial charge on any atom is 0.313 e. The highest BCUT2D eigenvalue weighted by Gasteiger charge is 2.20. The second-order valence-corrected chi connectivity index (χ2v) is 4.69. The highest BCUT2D eigenvalue weighted by Crippen LogP contribution is 2.14. The van der Waals surface area contributed by atoms with E-state index in [9.17, 15) is 9.59 Å². The number of nitrogens with one attached hydrogen (secondary N) is 1. The monoisotopic (exact) mass is 282 g/mol. The van der Waals surface area contributed by atoms with Gasteiger partial charge in [-0.3, -0.25) is 9.59 Å². The molecule has 0 bridgehead atoms. The molecule has 0 aliphatic rings. The molecule has 0 aliphatic heterocycles. The van der Waals surface area contributed by atoms with Gasteiger partial charge in [-0.1, -0.05) is 31.5 Å². The van der Waals surface area contributed by atoms with Gasteiger partial charge in [0.05, 0.1) is 0 Å². The second-order valence-electron chi connectivity index (χ2n) is 4.26. The van der Waals surface area contributed by atoms with Gasteiger partial charge in [-0.05, 0) is 31.0 Å². The molecule has 4 nitrogen and oxygen atoms in total. The highest BCUT2D eigenvalue weighted by atomic mass is 35.5. The van der Waals surface area contributed by atoms with Crippen molar-refractivity contribution in [3.63, 3.8) is 0 Å². The van der Waals surface area contributed by atoms with Gasteiger partial charge in [0.25, 0.3) is 0 Å². The van der Waals surface area contributed by atoms with Crippen LogP contribution in [0, 0.1) is 0 Å². The van der Waals surface area contributed by atoms with Crippen LogP contribution in [0.15, 0.2) is 24.3 Å². The van der Waals surface area contributed by atoms with Crippen LogP contribution in [-0.4, -0.2) is 29.8 Å². The van der Waals surface area contributed by atoms with Gasteiger partial charge >= 0.3 is 11.8 Å². The van der Waals surface area contributed by atoms with Gasteiger partial charge in [-0.15, -0.1) is 0 Å². The Labute approximate surface area is 118 Å². The summed E-state index contributed by atoms with van der Waals surface area (Å²) in [5, 5.41) is 3.08. The van der Waals surface area contributed by atoms with Crippen molar-refractivity contribution in [1.82, 2.24) is 4.90 Å². The van der Waals surface area contributed by atoms with Crippen molar-refractivity contribution in [2.45, 2.75) is 26.7 Å². The molecule has 104 valence electrons. The molecule has 0 radical (unpaired) electrons. The number of nitrogens with zero attached hydrogens (tertiary/aromatic N) is 1. The van der Waals surface area contributed by atoms with Gasteiger partial charge in [-0.25, -0.2) is 0 Å². The van der Waals surface area contributed by atoms with Crippen molar-refractivity contribution in [3.05, 3.63) is 29.3 Å². The van der Waals surface area contributed by atoms with Crippen LogP contribution in [0.1, 0.15) is 26.7 Å². The first-order valence-corrected chi connectivity index (χ1v) is 6.82. The largest absolute Gasteiger partial charge is 0.334 e. The number of halogens is 1. The first-order valence-electron chi connectivity index (χ1n) is 6.44. The Bertz CT molecular complexity index is 443. The summed E-state index contributed by atoms with van der Waals surface area (Å²) in [4.78, 5) is 25.4. The fourth-order valence-corrected chi connectivity index (χ4v) is 1.94. The molecule has 0 aliphatic carbocycles. The molecule has 1 aromatic rings. The van der Waals surface area contributed by atoms with Crippen molar-refractivity contribution >= 4 is 29.1 Å². The fraction of sp³-hybridized carbons (Fsp3) is 0.429. The standard InChI is InChI=1S/C14H19ClN2O2/c1-3-8-17(9-4-2)14(19)13(18)16-12-7-5-6-11(15)10-12/h5-7,10H,3-4,8-9H2,1-2H3,(H,16,18). The zero-order valence-electron chi connectivity index (χ0n) is 11.3. The summed E-state index contributed by atoms with van der Waals surface area (Å²) in [5.74, 6) is -1.12. The Morgan fingerprint density at radius 2 is 1.84 bits per heavy atom. The summed E-state index contributed by atoms with van der Waals surface area (Å²) in [5.41, 5.74) is 0.527. The van der Waals surface area contributed by atoms with Crippen molar-refractivity contribution in [3.8, 4) is 0 Å². The normalized spacial score (nSPS) is 10.1. The molecule has 0 saturated heterocycles. The number of rotatable bonds is 5. The molecule has 19 heavy (non-hydrogen) atoms. The van der Waals surface area contributed by atoms with Crippen molar-refractivity contribution in [1.29, 1.82) is 0 Å². The molecule has 5 heteroatoms. The highest BCUT2D eigenvalue weighted by molar-refractivity contribution is 6.39. The van der Waals surface area contributed by atoms with Crippen LogP contribution in [0.25, 0.3) is 0 Å². The molecule has 2 amide bonds. The summed E-state index contributed by atoms with van der Waals surface area (Å²) in [7, 11) is 0. The SMILES string of the molecule is CCCN(CCC)C(=O)C(=O)Nc1cccc(Cl)c1. The third kappa shape index (κ3) is 4.91. The molecule has 1 rings (SSSR count). The zero-order valence-corrected chi connectivity index (χ0v) is 12.0. The Morgan fingerprint density at radius 1 is 1.21 bits per heavy atom. The van der Waals surface area contributed by atoms with Crippen LogP contribution in [0.4, 0.5) is 5.69 Å². The Morgan fingerprint density at radius 3 is 2.37 bits per heavy atom. The predicted octanol–water partition coefficient (Wildman–Crippen LogP) is 2.93. The Hall–Kier alpha value is -1.55. The lowest BCUT2D eigenvalue weighted by atomic mass is 10.3. The average molecular weight is 283 g/mol. The number of hydrogen-bond donors (Lipinski definition) is 1. The van der Waals surface area contributed by atoms with E-state index in [1.54, 1.807) is 29.2 Å². The van der Waals surface area contributed by atoms with E-state index >= 15 is 0 Å². The molecule has 1 N–H and O–H groups in total. The summed E-state index contributed by atoms with van der Waals surface area (Å²) >= 11 is 5.82. The lowest BCUT2D eigenvalue weighted by Gasteiger charge is -2.20. The topological polar surface area (TPSA) is 49.4 Å². The maximum absolute atomic E-state index is 12.0. The number of carbonyl (C=O) groups is 2. The van der Waals surface area contributed by atoms with Gasteiger partial charge in [0.2, 0.25) is 0 Å². The van der Waals surface area contributed by atoms with Crippen LogP contribution in [0.5, 0.6) is 0 Å². The van der Waals surface area contributed by atoms with Crippen LogP contribution < -0.4 is 5.32 Å². The van der Waals surface area contributed by atoms with E-state index in [0.717, 1.165) is 12.8 Å². The van der Waals surface area contributed by atoms with Gasteiger partial charge in [-0.2, -0.15) is 0 Å². The average Bonchev–Trinajstić information content (AvgIpc) is 2.37. The quantitative estimate of drug-likeness (QED) is 0.844. The zero-order chi connectivity index (χ0) is 14.3. The predicted molar refractivity (Wildman–Crippen MR) is 77.2 cm³/mol. The molecule has 0 atom stereocenters. The van der Waals surface area contributed by atoms with Crippen LogP contribution in [0.2, 0.25) is 5.02 Å². The lowest BCUT2D eigenvalue weighted by Crippen LogP contribution is -2.40. The number of anilines is 1. The van der Waals surface area contributed by atoms with E-state index in [1.165, 1.54) is 0 Å². The first kappa shape index (κ1) is 15.5. The number of hydrogen-bond acceptors (Lipinski definition) is 2. The Balaban J connectivity index is 2.68. The van der Waals surface area contributed by atoms with Gasteiger partial charge < -0.3 is 10.2 Å². The van der Waals surface area contributed by atoms with E-state index in [-0.39, 0.29) is 0 Å². The summed E-state index contributed by atoms with van der Waals surface area (Å²) in [6.07, 6.45) is 1.66. The molecule has 1 aromatic carbocycles. The van der Waals surface area contributed by atoms with Crippen LogP contribution in [0.3, 0.4) is 0 Å². The van der Waals surface area contributed by atoms with E-state index in [0.29, 0.717) is 23.8 Å². The minimum absolute atomic E-state index is 0.497. The van der Waals surface area contributed by atoms with Crippen molar-refractivity contribution < 1.29 is 9.59 Å². The third-order valence-corrected chi connectivity index (χ3v) is 2.79. The smallest absolute Gasteiger partial charge is 0.313 e.